The monoisotopic (exact) mass is 277 g/mol. The zero-order valence-electron chi connectivity index (χ0n) is 11.6. The molecule has 0 heterocycles. The number of hydrogen-bond acceptors (Lipinski definition) is 2. The van der Waals surface area contributed by atoms with Crippen LogP contribution in [0.1, 0.15) is 15.9 Å². The van der Waals surface area contributed by atoms with Gasteiger partial charge in [-0.25, -0.2) is 0 Å². The fraction of sp³-hybridized carbons (Fsp3) is 0.0556. The molecule has 1 amide bonds. The highest BCUT2D eigenvalue weighted by molar-refractivity contribution is 6.06. The molecule has 0 aliphatic rings. The maximum absolute atomic E-state index is 12.3. The van der Waals surface area contributed by atoms with Crippen molar-refractivity contribution in [2.45, 2.75) is 6.92 Å². The van der Waals surface area contributed by atoms with E-state index in [1.807, 2.05) is 42.5 Å². The molecule has 0 atom stereocenters. The Kier molecular flexibility index (Phi) is 3.32. The lowest BCUT2D eigenvalue weighted by Gasteiger charge is -2.08. The molecule has 0 saturated carbocycles. The number of fused-ring (bicyclic) bond motifs is 1. The van der Waals surface area contributed by atoms with Gasteiger partial charge in [0.25, 0.3) is 5.91 Å². The highest BCUT2D eigenvalue weighted by Gasteiger charge is 2.07. The lowest BCUT2D eigenvalue weighted by Crippen LogP contribution is -2.11. The summed E-state index contributed by atoms with van der Waals surface area (Å²) in [4.78, 5) is 12.3. The van der Waals surface area contributed by atoms with Crippen molar-refractivity contribution < 1.29 is 9.90 Å². The third-order valence-electron chi connectivity index (χ3n) is 3.47. The van der Waals surface area contributed by atoms with Gasteiger partial charge < -0.3 is 10.4 Å². The van der Waals surface area contributed by atoms with E-state index in [0.717, 1.165) is 16.3 Å². The molecule has 3 rings (SSSR count). The van der Waals surface area contributed by atoms with Gasteiger partial charge in [-0.2, -0.15) is 0 Å². The van der Waals surface area contributed by atoms with E-state index in [-0.39, 0.29) is 11.7 Å². The van der Waals surface area contributed by atoms with Crippen molar-refractivity contribution in [2.75, 3.05) is 5.32 Å². The maximum atomic E-state index is 12.3. The van der Waals surface area contributed by atoms with E-state index in [4.69, 9.17) is 0 Å². The van der Waals surface area contributed by atoms with E-state index in [2.05, 4.69) is 5.32 Å². The van der Waals surface area contributed by atoms with E-state index < -0.39 is 0 Å². The van der Waals surface area contributed by atoms with Gasteiger partial charge in [0.05, 0.1) is 0 Å². The number of aromatic hydroxyl groups is 1. The quantitative estimate of drug-likeness (QED) is 0.693. The van der Waals surface area contributed by atoms with Crippen LogP contribution in [-0.2, 0) is 0 Å². The highest BCUT2D eigenvalue weighted by Crippen LogP contribution is 2.21. The molecule has 0 radical (unpaired) electrons. The first-order chi connectivity index (χ1) is 10.1. The Morgan fingerprint density at radius 3 is 2.48 bits per heavy atom. The predicted octanol–water partition coefficient (Wildman–Crippen LogP) is 4.11. The first-order valence-corrected chi connectivity index (χ1v) is 6.73. The van der Waals surface area contributed by atoms with Crippen LogP contribution < -0.4 is 5.32 Å². The van der Waals surface area contributed by atoms with Crippen LogP contribution in [0, 0.1) is 6.92 Å². The molecule has 0 spiro atoms. The third-order valence-corrected chi connectivity index (χ3v) is 3.47. The molecule has 0 aliphatic heterocycles. The topological polar surface area (TPSA) is 49.3 Å². The number of phenolic OH excluding ortho intramolecular Hbond substituents is 1. The second-order valence-corrected chi connectivity index (χ2v) is 5.02. The van der Waals surface area contributed by atoms with Gasteiger partial charge in [-0.05, 0) is 53.6 Å². The molecular formula is C18H15NO2. The molecule has 0 aromatic heterocycles. The molecule has 3 aromatic rings. The minimum absolute atomic E-state index is 0.161. The number of aryl methyl sites for hydroxylation is 1. The summed E-state index contributed by atoms with van der Waals surface area (Å²) in [7, 11) is 0. The third kappa shape index (κ3) is 2.72. The van der Waals surface area contributed by atoms with Crippen LogP contribution in [0.3, 0.4) is 0 Å². The molecular weight excluding hydrogens is 262 g/mol. The molecule has 2 N–H and O–H groups in total. The molecule has 3 heteroatoms. The van der Waals surface area contributed by atoms with Gasteiger partial charge in [-0.3, -0.25) is 4.79 Å². The molecule has 0 bridgehead atoms. The van der Waals surface area contributed by atoms with Gasteiger partial charge in [0.15, 0.2) is 0 Å². The van der Waals surface area contributed by atoms with Crippen LogP contribution in [0.2, 0.25) is 0 Å². The van der Waals surface area contributed by atoms with Gasteiger partial charge >= 0.3 is 0 Å². The minimum Gasteiger partial charge on any atom is -0.508 e. The predicted molar refractivity (Wildman–Crippen MR) is 84.7 cm³/mol. The zero-order valence-corrected chi connectivity index (χ0v) is 11.6. The number of phenols is 1. The summed E-state index contributed by atoms with van der Waals surface area (Å²) in [6.07, 6.45) is 0. The second-order valence-electron chi connectivity index (χ2n) is 5.02. The van der Waals surface area contributed by atoms with Crippen LogP contribution >= 0.6 is 0 Å². The largest absolute Gasteiger partial charge is 0.508 e. The fourth-order valence-electron chi connectivity index (χ4n) is 2.27. The highest BCUT2D eigenvalue weighted by atomic mass is 16.3. The Morgan fingerprint density at radius 2 is 1.71 bits per heavy atom. The Morgan fingerprint density at radius 1 is 0.952 bits per heavy atom. The van der Waals surface area contributed by atoms with Crippen molar-refractivity contribution >= 4 is 22.4 Å². The lowest BCUT2D eigenvalue weighted by molar-refractivity contribution is 0.102. The van der Waals surface area contributed by atoms with Gasteiger partial charge in [0.1, 0.15) is 5.75 Å². The summed E-state index contributed by atoms with van der Waals surface area (Å²) < 4.78 is 0. The average Bonchev–Trinajstić information content (AvgIpc) is 2.50. The fourth-order valence-corrected chi connectivity index (χ4v) is 2.27. The van der Waals surface area contributed by atoms with E-state index in [9.17, 15) is 9.90 Å². The summed E-state index contributed by atoms with van der Waals surface area (Å²) in [5.41, 5.74) is 2.01. The second kappa shape index (κ2) is 5.29. The molecule has 104 valence electrons. The molecule has 0 fully saturated rings. The van der Waals surface area contributed by atoms with E-state index in [1.165, 1.54) is 0 Å². The number of rotatable bonds is 2. The normalized spacial score (nSPS) is 10.5. The van der Waals surface area contributed by atoms with E-state index in [1.54, 1.807) is 25.1 Å². The molecule has 0 aliphatic carbocycles. The minimum atomic E-state index is -0.161. The maximum Gasteiger partial charge on any atom is 0.255 e. The molecule has 3 nitrogen and oxygen atoms in total. The van der Waals surface area contributed by atoms with Crippen LogP contribution in [0.5, 0.6) is 5.75 Å². The molecule has 0 saturated heterocycles. The van der Waals surface area contributed by atoms with Gasteiger partial charge in [0, 0.05) is 11.3 Å². The number of carbonyl (C=O) groups is 1. The van der Waals surface area contributed by atoms with Crippen molar-refractivity contribution in [3.8, 4) is 5.75 Å². The molecule has 21 heavy (non-hydrogen) atoms. The van der Waals surface area contributed by atoms with Gasteiger partial charge in [-0.1, -0.05) is 30.3 Å². The summed E-state index contributed by atoms with van der Waals surface area (Å²) >= 11 is 0. The van der Waals surface area contributed by atoms with Crippen LogP contribution in [0.25, 0.3) is 10.8 Å². The van der Waals surface area contributed by atoms with Crippen molar-refractivity contribution in [3.05, 3.63) is 71.8 Å². The summed E-state index contributed by atoms with van der Waals surface area (Å²) in [6, 6.07) is 18.5. The summed E-state index contributed by atoms with van der Waals surface area (Å²) in [5, 5.41) is 14.5. The van der Waals surface area contributed by atoms with Crippen molar-refractivity contribution in [1.29, 1.82) is 0 Å². The Hall–Kier alpha value is -2.81. The first kappa shape index (κ1) is 13.2. The number of hydrogen-bond donors (Lipinski definition) is 2. The average molecular weight is 277 g/mol. The standard InChI is InChI=1S/C18H15NO2/c1-12-10-16(8-9-17(12)20)19-18(21)15-7-6-13-4-2-3-5-14(13)11-15/h2-11,20H,1H3,(H,19,21). The van der Waals surface area contributed by atoms with Gasteiger partial charge in [0.2, 0.25) is 0 Å². The lowest BCUT2D eigenvalue weighted by atomic mass is 10.1. The van der Waals surface area contributed by atoms with Gasteiger partial charge in [-0.15, -0.1) is 0 Å². The van der Waals surface area contributed by atoms with Crippen LogP contribution in [0.15, 0.2) is 60.7 Å². The Labute approximate surface area is 122 Å². The van der Waals surface area contributed by atoms with E-state index in [0.29, 0.717) is 11.3 Å². The number of anilines is 1. The van der Waals surface area contributed by atoms with Crippen molar-refractivity contribution in [2.24, 2.45) is 0 Å². The summed E-state index contributed by atoms with van der Waals surface area (Å²) in [5.74, 6) is 0.0598. The Bertz CT molecular complexity index is 824. The first-order valence-electron chi connectivity index (χ1n) is 6.73. The van der Waals surface area contributed by atoms with Crippen LogP contribution in [0.4, 0.5) is 5.69 Å². The number of amides is 1. The zero-order chi connectivity index (χ0) is 14.8. The number of benzene rings is 3. The Balaban J connectivity index is 1.87. The molecule has 3 aromatic carbocycles. The SMILES string of the molecule is Cc1cc(NC(=O)c2ccc3ccccc3c2)ccc1O. The summed E-state index contributed by atoms with van der Waals surface area (Å²) in [6.45, 7) is 1.79. The smallest absolute Gasteiger partial charge is 0.255 e. The van der Waals surface area contributed by atoms with Crippen molar-refractivity contribution in [3.63, 3.8) is 0 Å². The number of carbonyl (C=O) groups excluding carboxylic acids is 1. The van der Waals surface area contributed by atoms with Crippen molar-refractivity contribution in [1.82, 2.24) is 0 Å². The van der Waals surface area contributed by atoms with Crippen LogP contribution in [-0.4, -0.2) is 11.0 Å². The molecule has 0 unspecified atom stereocenters. The number of nitrogens with one attached hydrogen (secondary N) is 1. The van der Waals surface area contributed by atoms with E-state index >= 15 is 0 Å².